The van der Waals surface area contributed by atoms with Gasteiger partial charge in [0.2, 0.25) is 5.91 Å². The average Bonchev–Trinajstić information content (AvgIpc) is 2.78. The number of carbonyl (C=O) groups is 2. The molecule has 1 aromatic carbocycles. The van der Waals surface area contributed by atoms with Gasteiger partial charge in [-0.15, -0.1) is 0 Å². The van der Waals surface area contributed by atoms with Crippen LogP contribution >= 0.6 is 23.4 Å². The fourth-order valence-electron chi connectivity index (χ4n) is 2.63. The van der Waals surface area contributed by atoms with Crippen LogP contribution in [0.3, 0.4) is 0 Å². The molecule has 124 valence electrons. The number of likely N-dealkylation sites (tertiary alicyclic amines) is 1. The van der Waals surface area contributed by atoms with Crippen LogP contribution in [0, 0.1) is 0 Å². The number of benzene rings is 1. The van der Waals surface area contributed by atoms with Crippen LogP contribution in [-0.4, -0.2) is 33.5 Å². The Morgan fingerprint density at radius 1 is 1.17 bits per heavy atom. The Morgan fingerprint density at radius 3 is 2.67 bits per heavy atom. The Balaban J connectivity index is 1.78. The minimum absolute atomic E-state index is 0.136. The van der Waals surface area contributed by atoms with Gasteiger partial charge in [0.05, 0.1) is 10.3 Å². The maximum absolute atomic E-state index is 12.9. The summed E-state index contributed by atoms with van der Waals surface area (Å²) in [5, 5.41) is 1.09. The summed E-state index contributed by atoms with van der Waals surface area (Å²) in [5.74, 6) is -0.395. The number of thioether (sulfide) groups is 1. The van der Waals surface area contributed by atoms with Gasteiger partial charge in [0.15, 0.2) is 0 Å². The largest absolute Gasteiger partial charge is 0.278 e. The molecule has 0 saturated carbocycles. The van der Waals surface area contributed by atoms with E-state index in [1.807, 2.05) is 18.2 Å². The molecule has 0 bridgehead atoms. The molecule has 0 aliphatic carbocycles. The molecule has 2 aromatic rings. The van der Waals surface area contributed by atoms with Crippen LogP contribution in [0.15, 0.2) is 53.7 Å². The van der Waals surface area contributed by atoms with Crippen molar-refractivity contribution in [2.75, 3.05) is 6.54 Å². The predicted molar refractivity (Wildman–Crippen MR) is 95.2 cm³/mol. The maximum Gasteiger partial charge on any atom is 0.260 e. The third-order valence-corrected chi connectivity index (χ3v) is 5.33. The number of amides is 2. The van der Waals surface area contributed by atoms with Gasteiger partial charge in [-0.25, -0.2) is 4.98 Å². The number of imide groups is 1. The van der Waals surface area contributed by atoms with Gasteiger partial charge in [0.25, 0.3) is 5.91 Å². The van der Waals surface area contributed by atoms with E-state index in [0.717, 1.165) is 24.3 Å². The molecule has 6 heteroatoms. The fraction of sp³-hybridized carbons (Fsp3) is 0.278. The smallest absolute Gasteiger partial charge is 0.260 e. The first kappa shape index (κ1) is 17.0. The lowest BCUT2D eigenvalue weighted by atomic mass is 10.2. The first-order valence-corrected chi connectivity index (χ1v) is 9.10. The highest BCUT2D eigenvalue weighted by atomic mass is 35.5. The lowest BCUT2D eigenvalue weighted by Crippen LogP contribution is -2.41. The van der Waals surface area contributed by atoms with Crippen molar-refractivity contribution >= 4 is 35.2 Å². The molecule has 0 spiro atoms. The highest BCUT2D eigenvalue weighted by Crippen LogP contribution is 2.29. The van der Waals surface area contributed by atoms with E-state index in [0.29, 0.717) is 17.1 Å². The Hall–Kier alpha value is -1.85. The van der Waals surface area contributed by atoms with Crippen LogP contribution < -0.4 is 0 Å². The Labute approximate surface area is 150 Å². The molecule has 24 heavy (non-hydrogen) atoms. The minimum atomic E-state index is -0.279. The highest BCUT2D eigenvalue weighted by Gasteiger charge is 2.32. The molecule has 1 unspecified atom stereocenters. The van der Waals surface area contributed by atoms with Crippen LogP contribution in [0.2, 0.25) is 5.02 Å². The molecular formula is C18H17ClN2O2S. The zero-order chi connectivity index (χ0) is 16.9. The van der Waals surface area contributed by atoms with Gasteiger partial charge in [-0.2, -0.15) is 0 Å². The summed E-state index contributed by atoms with van der Waals surface area (Å²) < 4.78 is 0. The molecule has 1 aliphatic rings. The van der Waals surface area contributed by atoms with Crippen molar-refractivity contribution in [2.24, 2.45) is 0 Å². The normalized spacial score (nSPS) is 18.3. The summed E-state index contributed by atoms with van der Waals surface area (Å²) in [6.07, 6.45) is 4.20. The zero-order valence-electron chi connectivity index (χ0n) is 13.0. The number of aromatic nitrogens is 1. The second kappa shape index (κ2) is 7.81. The van der Waals surface area contributed by atoms with Crippen molar-refractivity contribution in [3.63, 3.8) is 0 Å². The van der Waals surface area contributed by atoms with Gasteiger partial charge in [-0.1, -0.05) is 35.9 Å². The van der Waals surface area contributed by atoms with E-state index in [1.54, 1.807) is 30.5 Å². The number of halogens is 1. The lowest BCUT2D eigenvalue weighted by molar-refractivity contribution is -0.127. The summed E-state index contributed by atoms with van der Waals surface area (Å²) >= 11 is 7.30. The molecule has 4 nitrogen and oxygen atoms in total. The molecule has 2 amide bonds. The first-order chi connectivity index (χ1) is 11.6. The predicted octanol–water partition coefficient (Wildman–Crippen LogP) is 4.05. The number of hydrogen-bond donors (Lipinski definition) is 0. The summed E-state index contributed by atoms with van der Waals surface area (Å²) in [6.45, 7) is 0.458. The van der Waals surface area contributed by atoms with Crippen LogP contribution in [0.4, 0.5) is 0 Å². The third kappa shape index (κ3) is 3.97. The van der Waals surface area contributed by atoms with Gasteiger partial charge in [-0.05, 0) is 49.2 Å². The standard InChI is InChI=1S/C18H17ClN2O2S/c19-14-9-7-13(8-10-14)17(22)21-12-4-2-5-15(18(21)23)24-16-6-1-3-11-20-16/h1,3,6-11,15H,2,4-5,12H2. The van der Waals surface area contributed by atoms with Crippen molar-refractivity contribution < 1.29 is 9.59 Å². The van der Waals surface area contributed by atoms with Crippen molar-refractivity contribution in [3.05, 3.63) is 59.2 Å². The molecular weight excluding hydrogens is 344 g/mol. The zero-order valence-corrected chi connectivity index (χ0v) is 14.6. The van der Waals surface area contributed by atoms with Gasteiger partial charge in [-0.3, -0.25) is 14.5 Å². The van der Waals surface area contributed by atoms with Gasteiger partial charge < -0.3 is 0 Å². The second-order valence-corrected chi connectivity index (χ2v) is 7.23. The molecule has 1 aromatic heterocycles. The fourth-order valence-corrected chi connectivity index (χ4v) is 3.84. The average molecular weight is 361 g/mol. The lowest BCUT2D eigenvalue weighted by Gasteiger charge is -2.22. The summed E-state index contributed by atoms with van der Waals surface area (Å²) in [4.78, 5) is 31.2. The molecule has 0 N–H and O–H groups in total. The van der Waals surface area contributed by atoms with Crippen LogP contribution in [0.5, 0.6) is 0 Å². The van der Waals surface area contributed by atoms with E-state index >= 15 is 0 Å². The topological polar surface area (TPSA) is 50.3 Å². The van der Waals surface area contributed by atoms with Crippen molar-refractivity contribution in [3.8, 4) is 0 Å². The molecule has 1 fully saturated rings. The summed E-state index contributed by atoms with van der Waals surface area (Å²) in [7, 11) is 0. The van der Waals surface area contributed by atoms with Crippen LogP contribution in [0.25, 0.3) is 0 Å². The number of rotatable bonds is 3. The number of hydrogen-bond acceptors (Lipinski definition) is 4. The van der Waals surface area contributed by atoms with Crippen molar-refractivity contribution in [2.45, 2.75) is 29.5 Å². The Morgan fingerprint density at radius 2 is 1.96 bits per heavy atom. The van der Waals surface area contributed by atoms with E-state index in [9.17, 15) is 9.59 Å². The molecule has 0 radical (unpaired) electrons. The highest BCUT2D eigenvalue weighted by molar-refractivity contribution is 8.00. The van der Waals surface area contributed by atoms with Crippen LogP contribution in [0.1, 0.15) is 29.6 Å². The minimum Gasteiger partial charge on any atom is -0.278 e. The molecule has 2 heterocycles. The molecule has 1 aliphatic heterocycles. The molecule has 1 atom stereocenters. The molecule has 3 rings (SSSR count). The summed E-state index contributed by atoms with van der Waals surface area (Å²) in [6, 6.07) is 12.3. The third-order valence-electron chi connectivity index (χ3n) is 3.88. The second-order valence-electron chi connectivity index (χ2n) is 5.57. The Kier molecular flexibility index (Phi) is 5.53. The SMILES string of the molecule is O=C(c1ccc(Cl)cc1)N1CCCCC(Sc2ccccn2)C1=O. The van der Waals surface area contributed by atoms with E-state index in [2.05, 4.69) is 4.98 Å². The summed E-state index contributed by atoms with van der Waals surface area (Å²) in [5.41, 5.74) is 0.483. The number of pyridine rings is 1. The van der Waals surface area contributed by atoms with Gasteiger partial charge in [0.1, 0.15) is 0 Å². The number of nitrogens with zero attached hydrogens (tertiary/aromatic N) is 2. The van der Waals surface area contributed by atoms with E-state index in [4.69, 9.17) is 11.6 Å². The van der Waals surface area contributed by atoms with E-state index in [-0.39, 0.29) is 17.1 Å². The van der Waals surface area contributed by atoms with E-state index < -0.39 is 0 Å². The first-order valence-electron chi connectivity index (χ1n) is 7.84. The monoisotopic (exact) mass is 360 g/mol. The van der Waals surface area contributed by atoms with Crippen LogP contribution in [-0.2, 0) is 4.79 Å². The number of carbonyl (C=O) groups excluding carboxylic acids is 2. The quantitative estimate of drug-likeness (QED) is 0.775. The van der Waals surface area contributed by atoms with Crippen molar-refractivity contribution in [1.29, 1.82) is 0 Å². The molecule has 1 saturated heterocycles. The maximum atomic E-state index is 12.9. The van der Waals surface area contributed by atoms with Gasteiger partial charge in [0, 0.05) is 23.3 Å². The Bertz CT molecular complexity index is 722. The van der Waals surface area contributed by atoms with Crippen molar-refractivity contribution in [1.82, 2.24) is 9.88 Å². The van der Waals surface area contributed by atoms with E-state index in [1.165, 1.54) is 16.7 Å². The van der Waals surface area contributed by atoms with Gasteiger partial charge >= 0.3 is 0 Å².